The summed E-state index contributed by atoms with van der Waals surface area (Å²) in [6.07, 6.45) is -1.26. The van der Waals surface area contributed by atoms with Crippen LogP contribution in [0.3, 0.4) is 0 Å². The normalized spacial score (nSPS) is 11.8. The summed E-state index contributed by atoms with van der Waals surface area (Å²) in [5, 5.41) is 19.5. The van der Waals surface area contributed by atoms with Crippen LogP contribution in [0.15, 0.2) is 35.4 Å². The number of benzene rings is 1. The summed E-state index contributed by atoms with van der Waals surface area (Å²) < 4.78 is 15.6. The molecule has 0 aromatic heterocycles. The van der Waals surface area contributed by atoms with Gasteiger partial charge >= 0.3 is 11.9 Å². The van der Waals surface area contributed by atoms with Crippen molar-refractivity contribution in [2.75, 3.05) is 39.5 Å². The first-order valence-corrected chi connectivity index (χ1v) is 11.7. The van der Waals surface area contributed by atoms with Crippen LogP contribution in [0.1, 0.15) is 25.3 Å². The van der Waals surface area contributed by atoms with E-state index in [0.717, 1.165) is 12.5 Å². The third-order valence-electron chi connectivity index (χ3n) is 4.64. The van der Waals surface area contributed by atoms with Gasteiger partial charge in [-0.25, -0.2) is 0 Å². The lowest BCUT2D eigenvalue weighted by atomic mass is 10.1. The number of rotatable bonds is 19. The van der Waals surface area contributed by atoms with Crippen molar-refractivity contribution in [1.82, 2.24) is 16.0 Å². The fraction of sp³-hybridized carbons (Fsp3) is 0.522. The Hall–Kier alpha value is -4.20. The molecule has 0 aliphatic rings. The summed E-state index contributed by atoms with van der Waals surface area (Å²) in [7, 11) is 0. The van der Waals surface area contributed by atoms with E-state index < -0.39 is 54.6 Å². The van der Waals surface area contributed by atoms with Gasteiger partial charge in [-0.3, -0.25) is 24.0 Å². The molecule has 1 rings (SSSR count). The average Bonchev–Trinajstić information content (AvgIpc) is 2.87. The minimum absolute atomic E-state index is 0.0183. The molecule has 2 atom stereocenters. The van der Waals surface area contributed by atoms with E-state index in [1.807, 2.05) is 0 Å². The maximum absolute atomic E-state index is 12.8. The van der Waals surface area contributed by atoms with Crippen LogP contribution < -0.4 is 16.0 Å². The van der Waals surface area contributed by atoms with E-state index in [4.69, 9.17) is 24.8 Å². The van der Waals surface area contributed by atoms with Crippen molar-refractivity contribution in [3.8, 4) is 0 Å². The number of azide groups is 1. The molecular weight excluding hydrogens is 504 g/mol. The van der Waals surface area contributed by atoms with Crippen LogP contribution in [0.5, 0.6) is 0 Å². The Balaban J connectivity index is 2.56. The van der Waals surface area contributed by atoms with Crippen molar-refractivity contribution < 1.29 is 43.3 Å². The highest BCUT2D eigenvalue weighted by atomic mass is 16.5. The fourth-order valence-electron chi connectivity index (χ4n) is 2.92. The van der Waals surface area contributed by atoms with Gasteiger partial charge in [-0.2, -0.15) is 0 Å². The van der Waals surface area contributed by atoms with Crippen molar-refractivity contribution >= 4 is 29.7 Å². The van der Waals surface area contributed by atoms with Crippen molar-refractivity contribution in [3.05, 3.63) is 46.3 Å². The molecule has 0 aliphatic carbocycles. The molecule has 1 aromatic carbocycles. The SMILES string of the molecule is CC(=O)N[C@@H](CC(=O)OCc1ccccc1)C(=O)N[C@@H](CC(=O)O)C(=O)NCCOCCOCCN=[N+]=[N-]. The van der Waals surface area contributed by atoms with Gasteiger partial charge in [0.2, 0.25) is 17.7 Å². The monoisotopic (exact) mass is 536 g/mol. The number of hydrogen-bond donors (Lipinski definition) is 4. The Morgan fingerprint density at radius 3 is 2.24 bits per heavy atom. The van der Waals surface area contributed by atoms with Crippen molar-refractivity contribution in [2.24, 2.45) is 5.11 Å². The molecule has 0 spiro atoms. The summed E-state index contributed by atoms with van der Waals surface area (Å²) in [6.45, 7) is 2.09. The summed E-state index contributed by atoms with van der Waals surface area (Å²) in [6, 6.07) is 5.96. The number of carboxylic acid groups (broad SMARTS) is 1. The zero-order valence-electron chi connectivity index (χ0n) is 21.0. The molecule has 4 N–H and O–H groups in total. The lowest BCUT2D eigenvalue weighted by Crippen LogP contribution is -2.54. The molecular formula is C23H32N6O9. The first kappa shape index (κ1) is 31.8. The first-order chi connectivity index (χ1) is 18.2. The van der Waals surface area contributed by atoms with Gasteiger partial charge in [-0.15, -0.1) is 0 Å². The molecule has 0 saturated carbocycles. The number of carbonyl (C=O) groups is 5. The highest BCUT2D eigenvalue weighted by Crippen LogP contribution is 2.04. The smallest absolute Gasteiger partial charge is 0.308 e. The summed E-state index contributed by atoms with van der Waals surface area (Å²) in [5.74, 6) is -4.45. The van der Waals surface area contributed by atoms with Crippen LogP contribution in [-0.4, -0.2) is 86.4 Å². The van der Waals surface area contributed by atoms with Gasteiger partial charge in [-0.05, 0) is 11.1 Å². The minimum Gasteiger partial charge on any atom is -0.481 e. The molecule has 208 valence electrons. The van der Waals surface area contributed by atoms with Gasteiger partial charge in [-0.1, -0.05) is 35.4 Å². The van der Waals surface area contributed by atoms with Gasteiger partial charge in [0.15, 0.2) is 0 Å². The first-order valence-electron chi connectivity index (χ1n) is 11.7. The molecule has 3 amide bonds. The van der Waals surface area contributed by atoms with Crippen LogP contribution in [0.2, 0.25) is 0 Å². The Morgan fingerprint density at radius 1 is 0.947 bits per heavy atom. The second-order valence-electron chi connectivity index (χ2n) is 7.73. The van der Waals surface area contributed by atoms with E-state index >= 15 is 0 Å². The number of hydrogen-bond acceptors (Lipinski definition) is 9. The quantitative estimate of drug-likeness (QED) is 0.0616. The number of carbonyl (C=O) groups excluding carboxylic acids is 4. The average molecular weight is 537 g/mol. The Bertz CT molecular complexity index is 969. The van der Waals surface area contributed by atoms with Crippen LogP contribution in [0.25, 0.3) is 10.4 Å². The Morgan fingerprint density at radius 2 is 1.61 bits per heavy atom. The fourth-order valence-corrected chi connectivity index (χ4v) is 2.92. The van der Waals surface area contributed by atoms with Gasteiger partial charge in [0.05, 0.1) is 39.3 Å². The molecule has 1 aromatic rings. The maximum Gasteiger partial charge on any atom is 0.308 e. The van der Waals surface area contributed by atoms with E-state index in [2.05, 4.69) is 26.0 Å². The molecule has 0 fully saturated rings. The molecule has 0 saturated heterocycles. The lowest BCUT2D eigenvalue weighted by Gasteiger charge is -2.21. The van der Waals surface area contributed by atoms with Gasteiger partial charge in [0, 0.05) is 24.9 Å². The van der Waals surface area contributed by atoms with Gasteiger partial charge < -0.3 is 35.3 Å². The highest BCUT2D eigenvalue weighted by molar-refractivity contribution is 5.95. The Labute approximate surface area is 218 Å². The second-order valence-corrected chi connectivity index (χ2v) is 7.73. The Kier molecular flexibility index (Phi) is 15.9. The standard InChI is InChI=1S/C23H32N6O9/c1-16(30)27-19(14-21(33)38-15-17-5-3-2-4-6-17)23(35)28-18(13-20(31)32)22(34)25-7-9-36-11-12-37-10-8-26-29-24/h2-6,18-19H,7-15H2,1H3,(H,25,34)(H,27,30)(H,28,35)(H,31,32)/t18-,19-/m0/s1. The number of esters is 1. The number of nitrogens with one attached hydrogen (secondary N) is 3. The van der Waals surface area contributed by atoms with Crippen molar-refractivity contribution in [3.63, 3.8) is 0 Å². The summed E-state index contributed by atoms with van der Waals surface area (Å²) in [4.78, 5) is 62.9. The zero-order valence-corrected chi connectivity index (χ0v) is 21.0. The molecule has 15 heteroatoms. The van der Waals surface area contributed by atoms with Crippen LogP contribution >= 0.6 is 0 Å². The number of nitrogens with zero attached hydrogens (tertiary/aromatic N) is 3. The number of aliphatic carboxylic acids is 1. The largest absolute Gasteiger partial charge is 0.481 e. The van der Waals surface area contributed by atoms with Crippen LogP contribution in [-0.2, 0) is 44.8 Å². The second kappa shape index (κ2) is 19.0. The van der Waals surface area contributed by atoms with Gasteiger partial charge in [0.25, 0.3) is 0 Å². The van der Waals surface area contributed by atoms with Crippen LogP contribution in [0, 0.1) is 0 Å². The maximum atomic E-state index is 12.8. The molecule has 0 radical (unpaired) electrons. The molecule has 0 unspecified atom stereocenters. The van der Waals surface area contributed by atoms with E-state index in [1.165, 1.54) is 0 Å². The molecule has 38 heavy (non-hydrogen) atoms. The highest BCUT2D eigenvalue weighted by Gasteiger charge is 2.29. The topological polar surface area (TPSA) is 218 Å². The number of carboxylic acids is 1. The van der Waals surface area contributed by atoms with Gasteiger partial charge in [0.1, 0.15) is 18.7 Å². The summed E-state index contributed by atoms with van der Waals surface area (Å²) in [5.41, 5.74) is 8.87. The number of amides is 3. The zero-order chi connectivity index (χ0) is 28.2. The molecule has 0 aliphatic heterocycles. The van der Waals surface area contributed by atoms with Crippen molar-refractivity contribution in [2.45, 2.75) is 38.5 Å². The lowest BCUT2D eigenvalue weighted by molar-refractivity contribution is -0.148. The molecule has 0 heterocycles. The van der Waals surface area contributed by atoms with E-state index in [-0.39, 0.29) is 46.1 Å². The molecule has 0 bridgehead atoms. The summed E-state index contributed by atoms with van der Waals surface area (Å²) >= 11 is 0. The van der Waals surface area contributed by atoms with E-state index in [0.29, 0.717) is 0 Å². The predicted molar refractivity (Wildman–Crippen MR) is 131 cm³/mol. The van der Waals surface area contributed by atoms with Crippen molar-refractivity contribution in [1.29, 1.82) is 0 Å². The minimum atomic E-state index is -1.47. The molecule has 15 nitrogen and oxygen atoms in total. The van der Waals surface area contributed by atoms with E-state index in [1.54, 1.807) is 30.3 Å². The number of ether oxygens (including phenoxy) is 3. The van der Waals surface area contributed by atoms with Crippen LogP contribution in [0.4, 0.5) is 0 Å². The predicted octanol–water partition coefficient (Wildman–Crippen LogP) is 0.0438. The third-order valence-corrected chi connectivity index (χ3v) is 4.64. The van der Waals surface area contributed by atoms with E-state index in [9.17, 15) is 24.0 Å². The third kappa shape index (κ3) is 15.0.